The van der Waals surface area contributed by atoms with Crippen LogP contribution in [0.25, 0.3) is 0 Å². The van der Waals surface area contributed by atoms with Crippen LogP contribution >= 0.6 is 61.5 Å². The maximum absolute atomic E-state index is 6.24. The van der Waals surface area contributed by atoms with Crippen LogP contribution in [0.3, 0.4) is 0 Å². The van der Waals surface area contributed by atoms with E-state index in [-0.39, 0.29) is 6.04 Å². The van der Waals surface area contributed by atoms with Gasteiger partial charge in [-0.05, 0) is 81.3 Å². The molecule has 5 heteroatoms. The number of rotatable bonds is 5. The largest absolute Gasteiger partial charge is 0.306 e. The van der Waals surface area contributed by atoms with Crippen LogP contribution in [0.1, 0.15) is 29.8 Å². The second-order valence-corrected chi connectivity index (χ2v) is 8.27. The first kappa shape index (κ1) is 15.8. The molecule has 102 valence electrons. The van der Waals surface area contributed by atoms with Gasteiger partial charge in [0.1, 0.15) is 0 Å². The van der Waals surface area contributed by atoms with Gasteiger partial charge in [-0.2, -0.15) is 0 Å². The number of halogens is 3. The van der Waals surface area contributed by atoms with E-state index in [0.717, 1.165) is 25.3 Å². The first-order valence-electron chi connectivity index (χ1n) is 6.05. The average Bonchev–Trinajstić information content (AvgIpc) is 2.80. The summed E-state index contributed by atoms with van der Waals surface area (Å²) in [6, 6.07) is 10.7. The van der Waals surface area contributed by atoms with E-state index in [1.54, 1.807) is 11.3 Å². The van der Waals surface area contributed by atoms with Crippen LogP contribution < -0.4 is 5.32 Å². The summed E-state index contributed by atoms with van der Waals surface area (Å²) in [5.74, 6) is 0. The third-order valence-corrected chi connectivity index (χ3v) is 6.01. The molecule has 1 atom stereocenters. The summed E-state index contributed by atoms with van der Waals surface area (Å²) in [4.78, 5) is 1.30. The van der Waals surface area contributed by atoms with Gasteiger partial charge < -0.3 is 5.32 Å². The van der Waals surface area contributed by atoms with E-state index in [1.807, 2.05) is 0 Å². The molecule has 1 unspecified atom stereocenters. The molecule has 19 heavy (non-hydrogen) atoms. The Balaban J connectivity index is 2.33. The second kappa shape index (κ2) is 7.41. The number of hydrogen-bond donors (Lipinski definition) is 1. The highest BCUT2D eigenvalue weighted by Crippen LogP contribution is 2.33. The summed E-state index contributed by atoms with van der Waals surface area (Å²) in [6.45, 7) is 3.17. The molecule has 0 fully saturated rings. The maximum atomic E-state index is 6.24. The fourth-order valence-corrected chi connectivity index (χ4v) is 3.90. The zero-order valence-corrected chi connectivity index (χ0v) is 15.7. The Hall–Kier alpha value is 0.380. The van der Waals surface area contributed by atoms with E-state index in [4.69, 9.17) is 11.6 Å². The Labute approximate surface area is 145 Å². The molecule has 0 aliphatic carbocycles. The summed E-state index contributed by atoms with van der Waals surface area (Å²) in [5, 5.41) is 4.41. The summed E-state index contributed by atoms with van der Waals surface area (Å²) in [5.41, 5.74) is 1.22. The van der Waals surface area contributed by atoms with Crippen molar-refractivity contribution >= 4 is 61.5 Å². The molecule has 1 heterocycles. The Kier molecular flexibility index (Phi) is 6.14. The van der Waals surface area contributed by atoms with Crippen molar-refractivity contribution in [3.8, 4) is 0 Å². The molecule has 1 aromatic heterocycles. The van der Waals surface area contributed by atoms with E-state index in [2.05, 4.69) is 81.1 Å². The third kappa shape index (κ3) is 4.17. The van der Waals surface area contributed by atoms with Gasteiger partial charge in [-0.15, -0.1) is 11.3 Å². The molecule has 1 N–H and O–H groups in total. The Morgan fingerprint density at radius 1 is 1.37 bits per heavy atom. The lowest BCUT2D eigenvalue weighted by molar-refractivity contribution is 0.606. The molecule has 0 bridgehead atoms. The standard InChI is InChI=1S/C14H14BrClINS/c1-2-7-18-14(12-5-6-13(15)19-12)9-3-4-11(17)10(16)8-9/h3-6,8,14,18H,2,7H2,1H3. The maximum Gasteiger partial charge on any atom is 0.0702 e. The van der Waals surface area contributed by atoms with Crippen LogP contribution in [-0.2, 0) is 0 Å². The molecular weight excluding hydrogens is 456 g/mol. The predicted molar refractivity (Wildman–Crippen MR) is 96.3 cm³/mol. The molecular formula is C14H14BrClINS. The lowest BCUT2D eigenvalue weighted by atomic mass is 10.1. The topological polar surface area (TPSA) is 12.0 Å². The van der Waals surface area contributed by atoms with Crippen LogP contribution in [0.2, 0.25) is 5.02 Å². The molecule has 0 saturated carbocycles. The molecule has 2 rings (SSSR count). The normalized spacial score (nSPS) is 12.6. The van der Waals surface area contributed by atoms with Crippen molar-refractivity contribution in [2.45, 2.75) is 19.4 Å². The van der Waals surface area contributed by atoms with Crippen molar-refractivity contribution in [1.29, 1.82) is 0 Å². The minimum Gasteiger partial charge on any atom is -0.306 e. The van der Waals surface area contributed by atoms with Gasteiger partial charge in [0.15, 0.2) is 0 Å². The number of benzene rings is 1. The van der Waals surface area contributed by atoms with Crippen LogP contribution in [0.5, 0.6) is 0 Å². The Morgan fingerprint density at radius 3 is 2.74 bits per heavy atom. The summed E-state index contributed by atoms with van der Waals surface area (Å²) < 4.78 is 2.24. The lowest BCUT2D eigenvalue weighted by Crippen LogP contribution is -2.22. The van der Waals surface area contributed by atoms with E-state index >= 15 is 0 Å². The zero-order valence-electron chi connectivity index (χ0n) is 10.4. The number of hydrogen-bond acceptors (Lipinski definition) is 2. The van der Waals surface area contributed by atoms with Crippen LogP contribution in [0, 0.1) is 3.57 Å². The molecule has 2 aromatic rings. The summed E-state index contributed by atoms with van der Waals surface area (Å²) >= 11 is 13.8. The third-order valence-electron chi connectivity index (χ3n) is 2.75. The van der Waals surface area contributed by atoms with Crippen molar-refractivity contribution in [3.63, 3.8) is 0 Å². The molecule has 1 aromatic carbocycles. The minimum absolute atomic E-state index is 0.214. The highest BCUT2D eigenvalue weighted by molar-refractivity contribution is 14.1. The number of nitrogens with one attached hydrogen (secondary N) is 1. The van der Waals surface area contributed by atoms with Crippen LogP contribution in [0.15, 0.2) is 34.1 Å². The summed E-state index contributed by atoms with van der Waals surface area (Å²) in [6.07, 6.45) is 1.11. The second-order valence-electron chi connectivity index (χ2n) is 4.20. The smallest absolute Gasteiger partial charge is 0.0702 e. The van der Waals surface area contributed by atoms with Crippen molar-refractivity contribution in [2.75, 3.05) is 6.54 Å². The first-order chi connectivity index (χ1) is 9.11. The van der Waals surface area contributed by atoms with Gasteiger partial charge >= 0.3 is 0 Å². The molecule has 0 spiro atoms. The molecule has 0 saturated heterocycles. The summed E-state index contributed by atoms with van der Waals surface area (Å²) in [7, 11) is 0. The SMILES string of the molecule is CCCNC(c1ccc(I)c(Cl)c1)c1ccc(Br)s1. The molecule has 0 aliphatic rings. The first-order valence-corrected chi connectivity index (χ1v) is 9.12. The predicted octanol–water partition coefficient (Wildman–Crippen LogP) is 5.86. The highest BCUT2D eigenvalue weighted by atomic mass is 127. The van der Waals surface area contributed by atoms with Crippen molar-refractivity contribution < 1.29 is 0 Å². The minimum atomic E-state index is 0.214. The van der Waals surface area contributed by atoms with Gasteiger partial charge in [-0.3, -0.25) is 0 Å². The van der Waals surface area contributed by atoms with Crippen molar-refractivity contribution in [3.05, 3.63) is 53.2 Å². The molecule has 1 nitrogen and oxygen atoms in total. The van der Waals surface area contributed by atoms with Gasteiger partial charge in [0, 0.05) is 8.45 Å². The monoisotopic (exact) mass is 469 g/mol. The average molecular weight is 471 g/mol. The van der Waals surface area contributed by atoms with Crippen LogP contribution in [-0.4, -0.2) is 6.54 Å². The quantitative estimate of drug-likeness (QED) is 0.540. The van der Waals surface area contributed by atoms with E-state index in [1.165, 1.54) is 10.4 Å². The fourth-order valence-electron chi connectivity index (χ4n) is 1.85. The van der Waals surface area contributed by atoms with Gasteiger partial charge in [0.05, 0.1) is 14.9 Å². The Morgan fingerprint density at radius 2 is 2.16 bits per heavy atom. The highest BCUT2D eigenvalue weighted by Gasteiger charge is 2.16. The zero-order chi connectivity index (χ0) is 13.8. The van der Waals surface area contributed by atoms with E-state index in [9.17, 15) is 0 Å². The molecule has 0 aliphatic heterocycles. The molecule has 0 amide bonds. The molecule has 0 radical (unpaired) electrons. The van der Waals surface area contributed by atoms with Gasteiger partial charge in [-0.1, -0.05) is 24.6 Å². The van der Waals surface area contributed by atoms with Gasteiger partial charge in [0.25, 0.3) is 0 Å². The van der Waals surface area contributed by atoms with Crippen molar-refractivity contribution in [1.82, 2.24) is 5.32 Å². The van der Waals surface area contributed by atoms with Crippen molar-refractivity contribution in [2.24, 2.45) is 0 Å². The van der Waals surface area contributed by atoms with Gasteiger partial charge in [0.2, 0.25) is 0 Å². The van der Waals surface area contributed by atoms with E-state index < -0.39 is 0 Å². The number of thiophene rings is 1. The fraction of sp³-hybridized carbons (Fsp3) is 0.286. The Bertz CT molecular complexity index is 558. The van der Waals surface area contributed by atoms with Gasteiger partial charge in [-0.25, -0.2) is 0 Å². The van der Waals surface area contributed by atoms with Crippen LogP contribution in [0.4, 0.5) is 0 Å². The lowest BCUT2D eigenvalue weighted by Gasteiger charge is -2.18. The van der Waals surface area contributed by atoms with E-state index in [0.29, 0.717) is 0 Å².